The predicted molar refractivity (Wildman–Crippen MR) is 86.0 cm³/mol. The van der Waals surface area contributed by atoms with Crippen molar-refractivity contribution in [2.24, 2.45) is 0 Å². The van der Waals surface area contributed by atoms with Gasteiger partial charge < -0.3 is 10.1 Å². The standard InChI is InChI=1S/C16H13ClN2O4/c1-9-2-4-12(19(21)22)8-13(9)18-16(20)15-7-10-6-11(17)3-5-14(10)23-15/h2-6,8,15H,7H2,1H3,(H,18,20). The Morgan fingerprint density at radius 2 is 2.13 bits per heavy atom. The molecule has 0 fully saturated rings. The van der Waals surface area contributed by atoms with E-state index in [0.29, 0.717) is 22.9 Å². The second-order valence-corrected chi connectivity index (χ2v) is 5.74. The van der Waals surface area contributed by atoms with E-state index < -0.39 is 11.0 Å². The van der Waals surface area contributed by atoms with Gasteiger partial charge in [0.2, 0.25) is 0 Å². The van der Waals surface area contributed by atoms with Gasteiger partial charge in [0.05, 0.1) is 10.6 Å². The number of non-ortho nitro benzene ring substituents is 1. The molecule has 1 unspecified atom stereocenters. The van der Waals surface area contributed by atoms with E-state index in [1.165, 1.54) is 12.1 Å². The Bertz CT molecular complexity index is 807. The number of carbonyl (C=O) groups excluding carboxylic acids is 1. The van der Waals surface area contributed by atoms with Crippen LogP contribution in [0, 0.1) is 17.0 Å². The third-order valence-corrected chi connectivity index (χ3v) is 3.91. The summed E-state index contributed by atoms with van der Waals surface area (Å²) in [6, 6.07) is 9.52. The molecule has 1 N–H and O–H groups in total. The van der Waals surface area contributed by atoms with Gasteiger partial charge >= 0.3 is 0 Å². The molecule has 2 aromatic rings. The van der Waals surface area contributed by atoms with Crippen LogP contribution >= 0.6 is 11.6 Å². The summed E-state index contributed by atoms with van der Waals surface area (Å²) in [6.07, 6.45) is -0.266. The summed E-state index contributed by atoms with van der Waals surface area (Å²) in [7, 11) is 0. The SMILES string of the molecule is Cc1ccc([N+](=O)[O-])cc1NC(=O)C1Cc2cc(Cl)ccc2O1. The fourth-order valence-electron chi connectivity index (χ4n) is 2.43. The van der Waals surface area contributed by atoms with E-state index in [4.69, 9.17) is 16.3 Å². The van der Waals surface area contributed by atoms with Crippen molar-refractivity contribution in [1.29, 1.82) is 0 Å². The molecule has 1 aliphatic heterocycles. The van der Waals surface area contributed by atoms with Gasteiger partial charge in [-0.25, -0.2) is 0 Å². The highest BCUT2D eigenvalue weighted by molar-refractivity contribution is 6.30. The molecular weight excluding hydrogens is 320 g/mol. The van der Waals surface area contributed by atoms with Crippen molar-refractivity contribution in [1.82, 2.24) is 0 Å². The minimum atomic E-state index is -0.679. The van der Waals surface area contributed by atoms with Crippen molar-refractivity contribution >= 4 is 28.9 Å². The Morgan fingerprint density at radius 3 is 2.87 bits per heavy atom. The Hall–Kier alpha value is -2.60. The van der Waals surface area contributed by atoms with E-state index in [9.17, 15) is 14.9 Å². The number of aryl methyl sites for hydroxylation is 1. The zero-order valence-corrected chi connectivity index (χ0v) is 13.0. The van der Waals surface area contributed by atoms with Crippen LogP contribution in [0.4, 0.5) is 11.4 Å². The first-order valence-electron chi connectivity index (χ1n) is 6.95. The van der Waals surface area contributed by atoms with E-state index in [0.717, 1.165) is 11.1 Å². The topological polar surface area (TPSA) is 81.5 Å². The molecule has 6 nitrogen and oxygen atoms in total. The number of carbonyl (C=O) groups is 1. The molecule has 1 amide bonds. The normalized spacial score (nSPS) is 15.7. The molecule has 3 rings (SSSR count). The lowest BCUT2D eigenvalue weighted by molar-refractivity contribution is -0.384. The molecule has 23 heavy (non-hydrogen) atoms. The van der Waals surface area contributed by atoms with Gasteiger partial charge in [0.15, 0.2) is 6.10 Å². The third kappa shape index (κ3) is 3.12. The highest BCUT2D eigenvalue weighted by Gasteiger charge is 2.29. The molecule has 1 aliphatic rings. The lowest BCUT2D eigenvalue weighted by atomic mass is 10.1. The van der Waals surface area contributed by atoms with Crippen LogP contribution in [0.25, 0.3) is 0 Å². The van der Waals surface area contributed by atoms with Crippen LogP contribution in [0.1, 0.15) is 11.1 Å². The van der Waals surface area contributed by atoms with Gasteiger partial charge in [-0.2, -0.15) is 0 Å². The summed E-state index contributed by atoms with van der Waals surface area (Å²) >= 11 is 5.93. The number of rotatable bonds is 3. The van der Waals surface area contributed by atoms with Crippen LogP contribution in [0.2, 0.25) is 5.02 Å². The van der Waals surface area contributed by atoms with E-state index in [2.05, 4.69) is 5.32 Å². The van der Waals surface area contributed by atoms with Crippen molar-refractivity contribution < 1.29 is 14.5 Å². The first-order chi connectivity index (χ1) is 10.9. The van der Waals surface area contributed by atoms with Crippen LogP contribution in [-0.2, 0) is 11.2 Å². The van der Waals surface area contributed by atoms with Crippen LogP contribution in [0.5, 0.6) is 5.75 Å². The third-order valence-electron chi connectivity index (χ3n) is 3.68. The maximum Gasteiger partial charge on any atom is 0.271 e. The highest BCUT2D eigenvalue weighted by Crippen LogP contribution is 2.32. The van der Waals surface area contributed by atoms with Crippen molar-refractivity contribution in [2.75, 3.05) is 5.32 Å². The van der Waals surface area contributed by atoms with Crippen LogP contribution in [0.3, 0.4) is 0 Å². The molecule has 0 radical (unpaired) electrons. The van der Waals surface area contributed by atoms with Gasteiger partial charge in [-0.05, 0) is 36.2 Å². The van der Waals surface area contributed by atoms with Gasteiger partial charge in [0.25, 0.3) is 11.6 Å². The largest absolute Gasteiger partial charge is 0.480 e. The van der Waals surface area contributed by atoms with Crippen molar-refractivity contribution in [3.63, 3.8) is 0 Å². The number of nitrogens with one attached hydrogen (secondary N) is 1. The molecule has 0 bridgehead atoms. The fourth-order valence-corrected chi connectivity index (χ4v) is 2.63. The summed E-state index contributed by atoms with van der Waals surface area (Å²) in [5.74, 6) is 0.284. The molecule has 2 aromatic carbocycles. The minimum Gasteiger partial charge on any atom is -0.480 e. The van der Waals surface area contributed by atoms with Crippen LogP contribution in [-0.4, -0.2) is 16.9 Å². The van der Waals surface area contributed by atoms with Gasteiger partial charge in [-0.3, -0.25) is 14.9 Å². The molecule has 0 saturated carbocycles. The Balaban J connectivity index is 1.76. The summed E-state index contributed by atoms with van der Waals surface area (Å²) in [5.41, 5.74) is 1.94. The van der Waals surface area contributed by atoms with Gasteiger partial charge in [-0.1, -0.05) is 17.7 Å². The number of halogens is 1. The highest BCUT2D eigenvalue weighted by atomic mass is 35.5. The first kappa shape index (κ1) is 15.3. The predicted octanol–water partition coefficient (Wildman–Crippen LogP) is 3.50. The number of nitro benzene ring substituents is 1. The molecule has 118 valence electrons. The second kappa shape index (κ2) is 5.89. The summed E-state index contributed by atoms with van der Waals surface area (Å²) in [4.78, 5) is 22.7. The van der Waals surface area contributed by atoms with E-state index in [1.807, 2.05) is 0 Å². The number of amides is 1. The zero-order valence-electron chi connectivity index (χ0n) is 12.2. The molecule has 1 heterocycles. The summed E-state index contributed by atoms with van der Waals surface area (Å²) in [5, 5.41) is 14.1. The fraction of sp³-hybridized carbons (Fsp3) is 0.188. The minimum absolute atomic E-state index is 0.0756. The van der Waals surface area contributed by atoms with E-state index >= 15 is 0 Å². The van der Waals surface area contributed by atoms with Gasteiger partial charge in [0.1, 0.15) is 5.75 Å². The zero-order chi connectivity index (χ0) is 16.6. The number of fused-ring (bicyclic) bond motifs is 1. The number of anilines is 1. The van der Waals surface area contributed by atoms with E-state index in [-0.39, 0.29) is 11.6 Å². The van der Waals surface area contributed by atoms with Crippen molar-refractivity contribution in [2.45, 2.75) is 19.4 Å². The average molecular weight is 333 g/mol. The maximum atomic E-state index is 12.4. The quantitative estimate of drug-likeness (QED) is 0.689. The monoisotopic (exact) mass is 332 g/mol. The number of hydrogen-bond acceptors (Lipinski definition) is 4. The molecule has 0 aromatic heterocycles. The van der Waals surface area contributed by atoms with Crippen LogP contribution < -0.4 is 10.1 Å². The lowest BCUT2D eigenvalue weighted by Gasteiger charge is -2.13. The second-order valence-electron chi connectivity index (χ2n) is 5.31. The molecule has 7 heteroatoms. The average Bonchev–Trinajstić information content (AvgIpc) is 2.92. The maximum absolute atomic E-state index is 12.4. The molecule has 0 aliphatic carbocycles. The van der Waals surface area contributed by atoms with Crippen molar-refractivity contribution in [3.8, 4) is 5.75 Å². The Morgan fingerprint density at radius 1 is 1.35 bits per heavy atom. The smallest absolute Gasteiger partial charge is 0.271 e. The van der Waals surface area contributed by atoms with Gasteiger partial charge in [-0.15, -0.1) is 0 Å². The first-order valence-corrected chi connectivity index (χ1v) is 7.33. The van der Waals surface area contributed by atoms with Crippen LogP contribution in [0.15, 0.2) is 36.4 Å². The molecule has 1 atom stereocenters. The summed E-state index contributed by atoms with van der Waals surface area (Å²) < 4.78 is 5.61. The number of hydrogen-bond donors (Lipinski definition) is 1. The molecule has 0 spiro atoms. The van der Waals surface area contributed by atoms with E-state index in [1.54, 1.807) is 31.2 Å². The Labute approximate surface area is 137 Å². The molecule has 0 saturated heterocycles. The summed E-state index contributed by atoms with van der Waals surface area (Å²) in [6.45, 7) is 1.77. The number of ether oxygens (including phenoxy) is 1. The van der Waals surface area contributed by atoms with Gasteiger partial charge in [0, 0.05) is 23.6 Å². The van der Waals surface area contributed by atoms with Crippen molar-refractivity contribution in [3.05, 3.63) is 62.7 Å². The number of nitrogens with zero attached hydrogens (tertiary/aromatic N) is 1. The number of nitro groups is 1. The Kier molecular flexibility index (Phi) is 3.92. The number of benzene rings is 2. The molecular formula is C16H13ClN2O4. The lowest BCUT2D eigenvalue weighted by Crippen LogP contribution is -2.31.